The lowest BCUT2D eigenvalue weighted by molar-refractivity contribution is -0.132. The van der Waals surface area contributed by atoms with Crippen molar-refractivity contribution in [1.29, 1.82) is 0 Å². The first-order valence-corrected chi connectivity index (χ1v) is 8.73. The van der Waals surface area contributed by atoms with E-state index in [0.717, 1.165) is 37.9 Å². The number of hydrogen-bond acceptors (Lipinski definition) is 4. The SMILES string of the molecule is CCOc1ccc(/C=C2\C(=O)NC(=O)N(C3CCCCC3)C2=O)cc1. The van der Waals surface area contributed by atoms with Gasteiger partial charge >= 0.3 is 6.03 Å². The van der Waals surface area contributed by atoms with Gasteiger partial charge in [-0.3, -0.25) is 19.8 Å². The van der Waals surface area contributed by atoms with Crippen LogP contribution >= 0.6 is 0 Å². The van der Waals surface area contributed by atoms with Crippen LogP contribution < -0.4 is 10.1 Å². The van der Waals surface area contributed by atoms with Crippen LogP contribution in [0.1, 0.15) is 44.6 Å². The zero-order chi connectivity index (χ0) is 17.8. The highest BCUT2D eigenvalue weighted by Gasteiger charge is 2.40. The van der Waals surface area contributed by atoms with Crippen LogP contribution in [0.25, 0.3) is 6.08 Å². The number of amides is 4. The molecule has 0 atom stereocenters. The second kappa shape index (κ2) is 7.51. The largest absolute Gasteiger partial charge is 0.494 e. The monoisotopic (exact) mass is 342 g/mol. The van der Waals surface area contributed by atoms with E-state index in [1.54, 1.807) is 24.3 Å². The molecule has 1 aliphatic heterocycles. The number of benzene rings is 1. The molecule has 0 spiro atoms. The van der Waals surface area contributed by atoms with E-state index in [4.69, 9.17) is 4.74 Å². The summed E-state index contributed by atoms with van der Waals surface area (Å²) in [6.45, 7) is 2.47. The summed E-state index contributed by atoms with van der Waals surface area (Å²) in [4.78, 5) is 38.3. The Morgan fingerprint density at radius 1 is 1.12 bits per heavy atom. The molecule has 6 nitrogen and oxygen atoms in total. The van der Waals surface area contributed by atoms with Crippen molar-refractivity contribution < 1.29 is 19.1 Å². The zero-order valence-electron chi connectivity index (χ0n) is 14.3. The van der Waals surface area contributed by atoms with Crippen molar-refractivity contribution in [2.75, 3.05) is 6.61 Å². The van der Waals surface area contributed by atoms with E-state index in [2.05, 4.69) is 5.32 Å². The molecule has 2 fully saturated rings. The second-order valence-corrected chi connectivity index (χ2v) is 6.29. The molecule has 0 unspecified atom stereocenters. The molecular formula is C19H22N2O4. The molecule has 1 aromatic rings. The number of hydrogen-bond donors (Lipinski definition) is 1. The summed E-state index contributed by atoms with van der Waals surface area (Å²) in [5.41, 5.74) is 0.703. The van der Waals surface area contributed by atoms with E-state index in [1.807, 2.05) is 6.92 Å². The fourth-order valence-corrected chi connectivity index (χ4v) is 3.34. The maximum atomic E-state index is 12.8. The number of rotatable bonds is 4. The van der Waals surface area contributed by atoms with Crippen molar-refractivity contribution in [3.63, 3.8) is 0 Å². The highest BCUT2D eigenvalue weighted by Crippen LogP contribution is 2.26. The number of imide groups is 2. The van der Waals surface area contributed by atoms with Crippen LogP contribution in [0.2, 0.25) is 0 Å². The van der Waals surface area contributed by atoms with Crippen molar-refractivity contribution in [2.45, 2.75) is 45.1 Å². The van der Waals surface area contributed by atoms with Gasteiger partial charge in [-0.2, -0.15) is 0 Å². The summed E-state index contributed by atoms with van der Waals surface area (Å²) in [6.07, 6.45) is 6.22. The van der Waals surface area contributed by atoms with Gasteiger partial charge < -0.3 is 4.74 Å². The normalized spacial score (nSPS) is 20.8. The molecule has 1 saturated heterocycles. The first kappa shape index (κ1) is 17.2. The number of carbonyl (C=O) groups is 3. The Hall–Kier alpha value is -2.63. The summed E-state index contributed by atoms with van der Waals surface area (Å²) in [6, 6.07) is 6.39. The lowest BCUT2D eigenvalue weighted by atomic mass is 9.93. The lowest BCUT2D eigenvalue weighted by Crippen LogP contribution is -2.58. The third-order valence-electron chi connectivity index (χ3n) is 4.58. The van der Waals surface area contributed by atoms with Gasteiger partial charge in [0.05, 0.1) is 6.61 Å². The summed E-state index contributed by atoms with van der Waals surface area (Å²) in [5, 5.41) is 2.29. The summed E-state index contributed by atoms with van der Waals surface area (Å²) in [7, 11) is 0. The van der Waals surface area contributed by atoms with Gasteiger partial charge in [-0.25, -0.2) is 4.79 Å². The van der Waals surface area contributed by atoms with Crippen LogP contribution in [0.3, 0.4) is 0 Å². The molecule has 6 heteroatoms. The van der Waals surface area contributed by atoms with Crippen LogP contribution in [0.5, 0.6) is 5.75 Å². The lowest BCUT2D eigenvalue weighted by Gasteiger charge is -2.35. The van der Waals surface area contributed by atoms with Gasteiger partial charge in [0.1, 0.15) is 11.3 Å². The van der Waals surface area contributed by atoms with E-state index in [0.29, 0.717) is 12.2 Å². The van der Waals surface area contributed by atoms with Gasteiger partial charge in [0.15, 0.2) is 0 Å². The van der Waals surface area contributed by atoms with Crippen molar-refractivity contribution in [3.8, 4) is 5.75 Å². The molecule has 1 heterocycles. The smallest absolute Gasteiger partial charge is 0.331 e. The highest BCUT2D eigenvalue weighted by molar-refractivity contribution is 6.31. The van der Waals surface area contributed by atoms with Crippen LogP contribution in [0, 0.1) is 0 Å². The zero-order valence-corrected chi connectivity index (χ0v) is 14.3. The summed E-state index contributed by atoms with van der Waals surface area (Å²) >= 11 is 0. The second-order valence-electron chi connectivity index (χ2n) is 6.29. The molecule has 0 radical (unpaired) electrons. The quantitative estimate of drug-likeness (QED) is 0.674. The van der Waals surface area contributed by atoms with Gasteiger partial charge in [0.25, 0.3) is 11.8 Å². The predicted octanol–water partition coefficient (Wildman–Crippen LogP) is 2.88. The Morgan fingerprint density at radius 3 is 2.44 bits per heavy atom. The first-order valence-electron chi connectivity index (χ1n) is 8.73. The molecule has 1 aliphatic carbocycles. The maximum Gasteiger partial charge on any atom is 0.331 e. The van der Waals surface area contributed by atoms with Gasteiger partial charge in [0.2, 0.25) is 0 Å². The Morgan fingerprint density at radius 2 is 1.80 bits per heavy atom. The topological polar surface area (TPSA) is 75.7 Å². The van der Waals surface area contributed by atoms with Gasteiger partial charge in [-0.15, -0.1) is 0 Å². The molecule has 0 aromatic heterocycles. The Labute approximate surface area is 146 Å². The molecule has 132 valence electrons. The molecule has 1 saturated carbocycles. The standard InChI is InChI=1S/C19H22N2O4/c1-2-25-15-10-8-13(9-11-15)12-16-17(22)20-19(24)21(18(16)23)14-6-4-3-5-7-14/h8-12,14H,2-7H2,1H3,(H,20,22,24)/b16-12+. The summed E-state index contributed by atoms with van der Waals surface area (Å²) in [5.74, 6) is -0.423. The third-order valence-corrected chi connectivity index (χ3v) is 4.58. The molecule has 2 aliphatic rings. The van der Waals surface area contributed by atoms with Crippen molar-refractivity contribution in [2.24, 2.45) is 0 Å². The Bertz CT molecular complexity index is 703. The highest BCUT2D eigenvalue weighted by atomic mass is 16.5. The van der Waals surface area contributed by atoms with E-state index in [-0.39, 0.29) is 11.6 Å². The van der Waals surface area contributed by atoms with E-state index < -0.39 is 17.8 Å². The molecule has 25 heavy (non-hydrogen) atoms. The number of nitrogens with zero attached hydrogens (tertiary/aromatic N) is 1. The average Bonchev–Trinajstić information content (AvgIpc) is 2.61. The molecule has 1 aromatic carbocycles. The molecular weight excluding hydrogens is 320 g/mol. The number of urea groups is 1. The number of carbonyl (C=O) groups excluding carboxylic acids is 3. The maximum absolute atomic E-state index is 12.8. The number of ether oxygens (including phenoxy) is 1. The minimum atomic E-state index is -0.643. The van der Waals surface area contributed by atoms with Crippen LogP contribution in [0.15, 0.2) is 29.8 Å². The number of barbiturate groups is 1. The third kappa shape index (κ3) is 3.73. The van der Waals surface area contributed by atoms with Crippen LogP contribution in [0.4, 0.5) is 4.79 Å². The summed E-state index contributed by atoms with van der Waals surface area (Å²) < 4.78 is 5.38. The van der Waals surface area contributed by atoms with Gasteiger partial charge in [-0.05, 0) is 43.5 Å². The molecule has 3 rings (SSSR count). The molecule has 4 amide bonds. The van der Waals surface area contributed by atoms with Crippen molar-refractivity contribution in [1.82, 2.24) is 10.2 Å². The van der Waals surface area contributed by atoms with Gasteiger partial charge in [-0.1, -0.05) is 31.4 Å². The average molecular weight is 342 g/mol. The van der Waals surface area contributed by atoms with E-state index in [1.165, 1.54) is 11.0 Å². The Kier molecular flexibility index (Phi) is 5.16. The minimum absolute atomic E-state index is 0.00525. The fraction of sp³-hybridized carbons (Fsp3) is 0.421. The van der Waals surface area contributed by atoms with E-state index >= 15 is 0 Å². The predicted molar refractivity (Wildman–Crippen MR) is 92.8 cm³/mol. The Balaban J connectivity index is 1.84. The van der Waals surface area contributed by atoms with E-state index in [9.17, 15) is 14.4 Å². The number of nitrogens with one attached hydrogen (secondary N) is 1. The van der Waals surface area contributed by atoms with Crippen molar-refractivity contribution in [3.05, 3.63) is 35.4 Å². The minimum Gasteiger partial charge on any atom is -0.494 e. The van der Waals surface area contributed by atoms with Crippen LogP contribution in [-0.4, -0.2) is 35.4 Å². The molecule has 1 N–H and O–H groups in total. The van der Waals surface area contributed by atoms with Crippen molar-refractivity contribution >= 4 is 23.9 Å². The first-order chi connectivity index (χ1) is 12.1. The fourth-order valence-electron chi connectivity index (χ4n) is 3.34. The van der Waals surface area contributed by atoms with Crippen LogP contribution in [-0.2, 0) is 9.59 Å². The molecule has 0 bridgehead atoms. The van der Waals surface area contributed by atoms with Gasteiger partial charge in [0, 0.05) is 6.04 Å².